The van der Waals surface area contributed by atoms with Gasteiger partial charge < -0.3 is 35.7 Å². The number of carbonyl (C=O) groups excluding carboxylic acids is 2. The van der Waals surface area contributed by atoms with Crippen LogP contribution in [0.1, 0.15) is 20.7 Å². The molecule has 0 saturated carbocycles. The molecule has 1 saturated heterocycles. The van der Waals surface area contributed by atoms with Crippen molar-refractivity contribution in [3.8, 4) is 0 Å². The Kier molecular flexibility index (Phi) is 33.9. The van der Waals surface area contributed by atoms with Crippen LogP contribution in [0.3, 0.4) is 0 Å². The molecule has 1 aliphatic rings. The molecule has 0 aromatic carbocycles. The summed E-state index contributed by atoms with van der Waals surface area (Å²) >= 11 is 0. The predicted octanol–water partition coefficient (Wildman–Crippen LogP) is -1.96. The Morgan fingerprint density at radius 3 is 1.88 bits per heavy atom. The van der Waals surface area contributed by atoms with Crippen LogP contribution in [0.4, 0.5) is 0 Å². The Labute approximate surface area is 164 Å². The van der Waals surface area contributed by atoms with E-state index in [0.29, 0.717) is 13.0 Å². The van der Waals surface area contributed by atoms with E-state index in [4.69, 9.17) is 15.3 Å². The number of hydrogen-bond donors (Lipinski definition) is 3. The van der Waals surface area contributed by atoms with Crippen LogP contribution in [0.25, 0.3) is 0 Å². The van der Waals surface area contributed by atoms with Gasteiger partial charge in [-0.1, -0.05) is 6.58 Å². The summed E-state index contributed by atoms with van der Waals surface area (Å²) in [6.07, 6.45) is 1.18. The minimum atomic E-state index is -1.01. The van der Waals surface area contributed by atoms with Crippen molar-refractivity contribution in [3.63, 3.8) is 0 Å². The van der Waals surface area contributed by atoms with Crippen molar-refractivity contribution in [2.24, 2.45) is 0 Å². The molecule has 139 valence electrons. The van der Waals surface area contributed by atoms with E-state index < -0.39 is 17.9 Å². The maximum atomic E-state index is 10.4. The van der Waals surface area contributed by atoms with E-state index in [0.717, 1.165) is 6.08 Å². The average Bonchev–Trinajstić information content (AvgIpc) is 2.37. The van der Waals surface area contributed by atoms with Gasteiger partial charge in [-0.15, -0.1) is 0 Å². The molecular weight excluding hydrogens is 409 g/mol. The number of carboxylic acid groups (broad SMARTS) is 2. The van der Waals surface area contributed by atoms with Gasteiger partial charge in [0.25, 0.3) is 0 Å². The van der Waals surface area contributed by atoms with Crippen LogP contribution >= 0.6 is 0 Å². The zero-order valence-electron chi connectivity index (χ0n) is 13.9. The third kappa shape index (κ3) is 32.5. The molecule has 0 aliphatic carbocycles. The molecule has 0 spiro atoms. The molecule has 24 heavy (non-hydrogen) atoms. The van der Waals surface area contributed by atoms with E-state index in [2.05, 4.69) is 16.1 Å². The first kappa shape index (κ1) is 34.0. The Balaban J connectivity index is -0.0000000553. The maximum absolute atomic E-state index is 10.4. The molecule has 1 rings (SSSR count). The number of hydrogen-bond acceptors (Lipinski definition) is 7. The molecule has 0 bridgehead atoms. The Bertz CT molecular complexity index is 370. The second kappa shape index (κ2) is 23.9. The molecule has 1 fully saturated rings. The molecule has 0 atom stereocenters. The third-order valence-corrected chi connectivity index (χ3v) is 1.64. The van der Waals surface area contributed by atoms with Crippen molar-refractivity contribution < 1.29 is 89.1 Å². The molecular formula is C12H23O11Y+. The number of cyclic esters (lactones) is 1. The first-order valence-corrected chi connectivity index (χ1v) is 5.82. The normalized spacial score (nSPS) is 9.79. The van der Waals surface area contributed by atoms with Gasteiger partial charge in [-0.3, -0.25) is 14.4 Å². The van der Waals surface area contributed by atoms with Crippen LogP contribution in [0.5, 0.6) is 0 Å². The van der Waals surface area contributed by atoms with Crippen molar-refractivity contribution in [2.45, 2.75) is 19.3 Å². The van der Waals surface area contributed by atoms with Gasteiger partial charge in [0.2, 0.25) is 0 Å². The van der Waals surface area contributed by atoms with Crippen molar-refractivity contribution in [1.29, 1.82) is 0 Å². The molecule has 1 radical (unpaired) electrons. The number of aliphatic hydroxyl groups is 1. The number of carbonyl (C=O) groups is 4. The minimum absolute atomic E-state index is 0. The zero-order valence-corrected chi connectivity index (χ0v) is 15.7. The van der Waals surface area contributed by atoms with E-state index in [1.165, 1.54) is 0 Å². The van der Waals surface area contributed by atoms with Crippen LogP contribution in [0.2, 0.25) is 0 Å². The van der Waals surface area contributed by atoms with Gasteiger partial charge in [0.1, 0.15) is 13.2 Å². The van der Waals surface area contributed by atoms with Crippen molar-refractivity contribution in [3.05, 3.63) is 12.7 Å². The van der Waals surface area contributed by atoms with Gasteiger partial charge in [0.15, 0.2) is 0 Å². The second-order valence-electron chi connectivity index (χ2n) is 3.35. The van der Waals surface area contributed by atoms with Crippen LogP contribution in [-0.4, -0.2) is 70.0 Å². The first-order valence-electron chi connectivity index (χ1n) is 5.82. The van der Waals surface area contributed by atoms with Gasteiger partial charge in [-0.2, -0.15) is 0 Å². The Morgan fingerprint density at radius 1 is 1.25 bits per heavy atom. The van der Waals surface area contributed by atoms with Crippen molar-refractivity contribution in [1.82, 2.24) is 0 Å². The number of ether oxygens (including phenoxy) is 2. The summed E-state index contributed by atoms with van der Waals surface area (Å²) in [5.41, 5.74) is 0. The van der Waals surface area contributed by atoms with E-state index in [9.17, 15) is 19.2 Å². The smallest absolute Gasteiger partial charge is 0.481 e. The molecule has 11 nitrogen and oxygen atoms in total. The zero-order chi connectivity index (χ0) is 16.7. The molecule has 0 aromatic heterocycles. The number of rotatable bonds is 6. The van der Waals surface area contributed by atoms with Crippen LogP contribution < -0.4 is 0 Å². The maximum Gasteiger partial charge on any atom is 1.00 e. The fourth-order valence-electron chi connectivity index (χ4n) is 0.601. The topological polar surface area (TPSA) is 210 Å². The summed E-state index contributed by atoms with van der Waals surface area (Å²) in [7, 11) is 0. The third-order valence-electron chi connectivity index (χ3n) is 1.64. The SMILES string of the molecule is C=CC(=O)O.O.O.O=C(O)CCOC(=O)CCO.O=C1CCO1.[H+].[Y]. The van der Waals surface area contributed by atoms with Crippen LogP contribution in [0, 0.1) is 0 Å². The van der Waals surface area contributed by atoms with Gasteiger partial charge in [0.05, 0.1) is 25.9 Å². The summed E-state index contributed by atoms with van der Waals surface area (Å²) in [4.78, 5) is 39.3. The molecule has 1 aliphatic heterocycles. The largest absolute Gasteiger partial charge is 1.00 e. The molecule has 1 heterocycles. The number of carboxylic acids is 2. The Morgan fingerprint density at radius 2 is 1.67 bits per heavy atom. The average molecular weight is 432 g/mol. The summed E-state index contributed by atoms with van der Waals surface area (Å²) in [6.45, 7) is 3.20. The Hall–Kier alpha value is -1.40. The molecule has 12 heteroatoms. The molecule has 7 N–H and O–H groups in total. The van der Waals surface area contributed by atoms with Gasteiger partial charge in [0, 0.05) is 38.8 Å². The monoisotopic (exact) mass is 432 g/mol. The molecule has 0 amide bonds. The fourth-order valence-corrected chi connectivity index (χ4v) is 0.601. The summed E-state index contributed by atoms with van der Waals surface area (Å²) in [6, 6.07) is 0. The van der Waals surface area contributed by atoms with Crippen molar-refractivity contribution >= 4 is 23.9 Å². The standard InChI is InChI=1S/C6H10O5.2C3H4O2.2H2O.Y/c7-3-1-6(10)11-4-2-5(8)9;4-3-1-2-5-3;1-2-3(4)5;;;/h7H,1-4H2,(H,8,9);1-2H2;2H,1H2,(H,4,5);2*1H2;/p+1. The van der Waals surface area contributed by atoms with E-state index in [-0.39, 0.29) is 77.1 Å². The fraction of sp³-hybridized carbons (Fsp3) is 0.500. The van der Waals surface area contributed by atoms with E-state index in [1.807, 2.05) is 0 Å². The van der Waals surface area contributed by atoms with Gasteiger partial charge in [-0.05, 0) is 0 Å². The summed E-state index contributed by atoms with van der Waals surface area (Å²) in [5, 5.41) is 23.9. The summed E-state index contributed by atoms with van der Waals surface area (Å²) < 4.78 is 8.71. The van der Waals surface area contributed by atoms with Gasteiger partial charge in [-0.25, -0.2) is 4.79 Å². The van der Waals surface area contributed by atoms with Crippen molar-refractivity contribution in [2.75, 3.05) is 19.8 Å². The second-order valence-corrected chi connectivity index (χ2v) is 3.35. The molecule has 0 unspecified atom stereocenters. The first-order chi connectivity index (χ1) is 9.83. The van der Waals surface area contributed by atoms with E-state index in [1.54, 1.807) is 0 Å². The molecule has 0 aromatic rings. The van der Waals surface area contributed by atoms with Crippen LogP contribution in [0.15, 0.2) is 12.7 Å². The minimum Gasteiger partial charge on any atom is -0.481 e. The number of aliphatic carboxylic acids is 2. The quantitative estimate of drug-likeness (QED) is 0.314. The van der Waals surface area contributed by atoms with Crippen LogP contribution in [-0.2, 0) is 61.4 Å². The number of aliphatic hydroxyl groups excluding tert-OH is 1. The van der Waals surface area contributed by atoms with E-state index >= 15 is 0 Å². The van der Waals surface area contributed by atoms with Gasteiger partial charge >= 0.3 is 25.3 Å². The summed E-state index contributed by atoms with van der Waals surface area (Å²) in [5.74, 6) is -2.63. The predicted molar refractivity (Wildman–Crippen MR) is 76.7 cm³/mol. The number of esters is 2.